The Bertz CT molecular complexity index is 364. The smallest absolute Gasteiger partial charge is 0.227 e. The second-order valence-electron chi connectivity index (χ2n) is 5.49. The average molecular weight is 349 g/mol. The summed E-state index contributed by atoms with van der Waals surface area (Å²) in [6, 6.07) is 0. The van der Waals surface area contributed by atoms with Gasteiger partial charge in [-0.05, 0) is 0 Å². The summed E-state index contributed by atoms with van der Waals surface area (Å²) in [5.41, 5.74) is 4.16. The van der Waals surface area contributed by atoms with E-state index in [9.17, 15) is 9.59 Å². The van der Waals surface area contributed by atoms with Crippen LogP contribution in [0.4, 0.5) is 0 Å². The number of aliphatic hydroxyl groups is 1. The van der Waals surface area contributed by atoms with E-state index in [1.807, 2.05) is 0 Å². The van der Waals surface area contributed by atoms with Gasteiger partial charge in [-0.1, -0.05) is 13.8 Å². The van der Waals surface area contributed by atoms with E-state index in [2.05, 4.69) is 5.32 Å². The number of methoxy groups -OCH3 is 1. The number of carbonyl (C=O) groups excluding carboxylic acids is 2. The molecule has 9 heteroatoms. The maximum atomic E-state index is 11.8. The van der Waals surface area contributed by atoms with Crippen LogP contribution in [-0.2, 0) is 28.5 Å². The molecular formula is C15H29N2O7. The number of nitrogens with one attached hydrogen (secondary N) is 1. The molecular weight excluding hydrogens is 320 g/mol. The number of rotatable bonds is 15. The Morgan fingerprint density at radius 2 is 1.67 bits per heavy atom. The van der Waals surface area contributed by atoms with Gasteiger partial charge in [0, 0.05) is 7.11 Å². The van der Waals surface area contributed by atoms with Crippen molar-refractivity contribution < 1.29 is 33.6 Å². The Morgan fingerprint density at radius 1 is 1.12 bits per heavy atom. The lowest BCUT2D eigenvalue weighted by Crippen LogP contribution is -2.44. The highest BCUT2D eigenvalue weighted by atomic mass is 16.6. The van der Waals surface area contributed by atoms with E-state index in [4.69, 9.17) is 29.8 Å². The minimum atomic E-state index is -1.05. The fraction of sp³-hybridized carbons (Fsp3) is 0.800. The second kappa shape index (κ2) is 13.1. The van der Waals surface area contributed by atoms with Crippen LogP contribution in [0.3, 0.4) is 0 Å². The van der Waals surface area contributed by atoms with Crippen molar-refractivity contribution in [2.75, 3.05) is 53.4 Å². The van der Waals surface area contributed by atoms with Crippen molar-refractivity contribution in [1.29, 1.82) is 0 Å². The summed E-state index contributed by atoms with van der Waals surface area (Å²) in [5, 5.41) is 11.1. The van der Waals surface area contributed by atoms with Crippen LogP contribution in [-0.4, -0.2) is 76.5 Å². The molecule has 9 nitrogen and oxygen atoms in total. The maximum Gasteiger partial charge on any atom is 0.227 e. The van der Waals surface area contributed by atoms with E-state index < -0.39 is 23.5 Å². The Morgan fingerprint density at radius 3 is 2.17 bits per heavy atom. The number of aliphatic hydroxyl groups excluding tert-OH is 1. The molecule has 0 aromatic heterocycles. The van der Waals surface area contributed by atoms with Gasteiger partial charge in [-0.3, -0.25) is 9.59 Å². The zero-order valence-electron chi connectivity index (χ0n) is 14.6. The van der Waals surface area contributed by atoms with Crippen molar-refractivity contribution in [3.63, 3.8) is 0 Å². The number of hydrogen-bond donors (Lipinski definition) is 3. The van der Waals surface area contributed by atoms with E-state index in [1.165, 1.54) is 13.5 Å². The first-order chi connectivity index (χ1) is 11.3. The monoisotopic (exact) mass is 349 g/mol. The van der Waals surface area contributed by atoms with Crippen LogP contribution in [0.2, 0.25) is 0 Å². The van der Waals surface area contributed by atoms with Crippen LogP contribution in [0.15, 0.2) is 0 Å². The molecule has 0 aromatic rings. The minimum Gasteiger partial charge on any atom is -0.394 e. The number of primary amides is 1. The summed E-state index contributed by atoms with van der Waals surface area (Å²) in [5.74, 6) is -1.06. The number of ether oxygens (including phenoxy) is 4. The molecule has 1 radical (unpaired) electrons. The third kappa shape index (κ3) is 11.3. The van der Waals surface area contributed by atoms with Gasteiger partial charge in [0.2, 0.25) is 11.8 Å². The van der Waals surface area contributed by atoms with Crippen LogP contribution >= 0.6 is 0 Å². The molecule has 0 aromatic carbocycles. The molecule has 1 atom stereocenters. The molecule has 0 bridgehead atoms. The SMILES string of the molecule is CO[C@@H](COCCOCCOCCO)NC(=O)[CH]C(C)(C)C(N)=O. The van der Waals surface area contributed by atoms with Gasteiger partial charge in [-0.2, -0.15) is 0 Å². The molecule has 4 N–H and O–H groups in total. The normalized spacial score (nSPS) is 12.8. The third-order valence-corrected chi connectivity index (χ3v) is 2.96. The second-order valence-corrected chi connectivity index (χ2v) is 5.49. The minimum absolute atomic E-state index is 0.0126. The topological polar surface area (TPSA) is 129 Å². The van der Waals surface area contributed by atoms with Gasteiger partial charge in [-0.15, -0.1) is 0 Å². The summed E-state index contributed by atoms with van der Waals surface area (Å²) < 4.78 is 20.7. The molecule has 0 aliphatic carbocycles. The van der Waals surface area contributed by atoms with Crippen LogP contribution in [0.25, 0.3) is 0 Å². The summed E-state index contributed by atoms with van der Waals surface area (Å²) >= 11 is 0. The quantitative estimate of drug-likeness (QED) is 0.251. The first-order valence-corrected chi connectivity index (χ1v) is 7.66. The predicted molar refractivity (Wildman–Crippen MR) is 85.8 cm³/mol. The largest absolute Gasteiger partial charge is 0.394 e. The van der Waals surface area contributed by atoms with Gasteiger partial charge >= 0.3 is 0 Å². The Labute approximate surface area is 142 Å². The fourth-order valence-electron chi connectivity index (χ4n) is 1.46. The Balaban J connectivity index is 3.80. The molecule has 0 aliphatic heterocycles. The molecule has 2 amide bonds. The summed E-state index contributed by atoms with van der Waals surface area (Å²) in [4.78, 5) is 23.0. The molecule has 0 saturated carbocycles. The van der Waals surface area contributed by atoms with E-state index in [0.29, 0.717) is 33.0 Å². The lowest BCUT2D eigenvalue weighted by molar-refractivity contribution is -0.130. The summed E-state index contributed by atoms with van der Waals surface area (Å²) in [6.45, 7) is 5.02. The van der Waals surface area contributed by atoms with E-state index >= 15 is 0 Å². The van der Waals surface area contributed by atoms with Gasteiger partial charge in [-0.25, -0.2) is 0 Å². The highest BCUT2D eigenvalue weighted by Crippen LogP contribution is 2.17. The molecule has 0 saturated heterocycles. The highest BCUT2D eigenvalue weighted by molar-refractivity contribution is 5.94. The number of nitrogens with two attached hydrogens (primary N) is 1. The molecule has 24 heavy (non-hydrogen) atoms. The number of hydrogen-bond acceptors (Lipinski definition) is 7. The lowest BCUT2D eigenvalue weighted by Gasteiger charge is -2.22. The van der Waals surface area contributed by atoms with E-state index in [1.54, 1.807) is 13.8 Å². The van der Waals surface area contributed by atoms with Crippen LogP contribution in [0.1, 0.15) is 13.8 Å². The molecule has 0 heterocycles. The van der Waals surface area contributed by atoms with Crippen LogP contribution in [0, 0.1) is 11.8 Å². The van der Waals surface area contributed by atoms with Gasteiger partial charge in [0.25, 0.3) is 0 Å². The molecule has 141 valence electrons. The fourth-order valence-corrected chi connectivity index (χ4v) is 1.46. The van der Waals surface area contributed by atoms with Gasteiger partial charge in [0.05, 0.1) is 58.1 Å². The van der Waals surface area contributed by atoms with E-state index in [-0.39, 0.29) is 13.2 Å². The van der Waals surface area contributed by atoms with Crippen molar-refractivity contribution >= 4 is 11.8 Å². The average Bonchev–Trinajstić information content (AvgIpc) is 2.51. The van der Waals surface area contributed by atoms with E-state index in [0.717, 1.165) is 0 Å². The summed E-state index contributed by atoms with van der Waals surface area (Å²) in [7, 11) is 1.43. The first-order valence-electron chi connectivity index (χ1n) is 7.66. The zero-order chi connectivity index (χ0) is 18.4. The molecule has 0 rings (SSSR count). The third-order valence-electron chi connectivity index (χ3n) is 2.96. The maximum absolute atomic E-state index is 11.8. The van der Waals surface area contributed by atoms with Crippen molar-refractivity contribution in [2.24, 2.45) is 11.1 Å². The highest BCUT2D eigenvalue weighted by Gasteiger charge is 2.29. The van der Waals surface area contributed by atoms with Crippen LogP contribution < -0.4 is 11.1 Å². The van der Waals surface area contributed by atoms with Crippen molar-refractivity contribution in [3.8, 4) is 0 Å². The van der Waals surface area contributed by atoms with Crippen LogP contribution in [0.5, 0.6) is 0 Å². The van der Waals surface area contributed by atoms with Crippen molar-refractivity contribution in [2.45, 2.75) is 20.1 Å². The Kier molecular flexibility index (Phi) is 12.4. The molecule has 0 fully saturated rings. The zero-order valence-corrected chi connectivity index (χ0v) is 14.6. The Hall–Kier alpha value is -1.26. The number of amides is 2. The first kappa shape index (κ1) is 22.7. The van der Waals surface area contributed by atoms with Gasteiger partial charge < -0.3 is 35.1 Å². The lowest BCUT2D eigenvalue weighted by atomic mass is 9.88. The predicted octanol–water partition coefficient (Wildman–Crippen LogP) is -1.17. The molecule has 0 unspecified atom stereocenters. The van der Waals surface area contributed by atoms with Crippen molar-refractivity contribution in [1.82, 2.24) is 5.32 Å². The van der Waals surface area contributed by atoms with Gasteiger partial charge in [0.15, 0.2) is 6.23 Å². The van der Waals surface area contributed by atoms with Gasteiger partial charge in [0.1, 0.15) is 0 Å². The number of carbonyl (C=O) groups is 2. The van der Waals surface area contributed by atoms with Crippen molar-refractivity contribution in [3.05, 3.63) is 6.42 Å². The standard InChI is InChI=1S/C15H29N2O7/c1-15(2,14(16)20)10-12(19)17-13(21-3)11-24-9-8-23-7-6-22-5-4-18/h10,13,18H,4-9,11H2,1-3H3,(H2,16,20)(H,17,19)/t13-/m0/s1. The summed E-state index contributed by atoms with van der Waals surface area (Å²) in [6.07, 6.45) is 0.557. The molecule has 0 spiro atoms. The molecule has 0 aliphatic rings.